The Labute approximate surface area is 139 Å². The third kappa shape index (κ3) is 3.72. The number of hydrogen-bond acceptors (Lipinski definition) is 5. The SMILES string of the molecule is CCN(CC1COc2ccccc2O1)C(=O)CN1CSCC1=O. The Morgan fingerprint density at radius 2 is 2.17 bits per heavy atom. The van der Waals surface area contributed by atoms with E-state index in [1.807, 2.05) is 31.2 Å². The number of benzene rings is 1. The average Bonchev–Trinajstić information content (AvgIpc) is 2.97. The van der Waals surface area contributed by atoms with Gasteiger partial charge in [-0.05, 0) is 19.1 Å². The van der Waals surface area contributed by atoms with Crippen molar-refractivity contribution in [1.82, 2.24) is 9.80 Å². The summed E-state index contributed by atoms with van der Waals surface area (Å²) in [6.45, 7) is 3.52. The molecule has 0 aromatic heterocycles. The van der Waals surface area contributed by atoms with Gasteiger partial charge in [0.25, 0.3) is 0 Å². The van der Waals surface area contributed by atoms with Crippen LogP contribution in [0.15, 0.2) is 24.3 Å². The van der Waals surface area contributed by atoms with Gasteiger partial charge in [0, 0.05) is 6.54 Å². The molecule has 0 bridgehead atoms. The monoisotopic (exact) mass is 336 g/mol. The summed E-state index contributed by atoms with van der Waals surface area (Å²) < 4.78 is 11.6. The Kier molecular flexibility index (Phi) is 4.95. The second kappa shape index (κ2) is 7.12. The topological polar surface area (TPSA) is 59.1 Å². The lowest BCUT2D eigenvalue weighted by Crippen LogP contribution is -2.47. The van der Waals surface area contributed by atoms with Crippen LogP contribution in [-0.2, 0) is 9.59 Å². The van der Waals surface area contributed by atoms with E-state index in [9.17, 15) is 9.59 Å². The molecule has 7 heteroatoms. The van der Waals surface area contributed by atoms with Crippen molar-refractivity contribution in [2.24, 2.45) is 0 Å². The molecule has 124 valence electrons. The van der Waals surface area contributed by atoms with E-state index < -0.39 is 0 Å². The van der Waals surface area contributed by atoms with E-state index in [0.29, 0.717) is 37.1 Å². The van der Waals surface area contributed by atoms with Crippen molar-refractivity contribution in [3.8, 4) is 11.5 Å². The van der Waals surface area contributed by atoms with Crippen LogP contribution in [0.3, 0.4) is 0 Å². The smallest absolute Gasteiger partial charge is 0.242 e. The summed E-state index contributed by atoms with van der Waals surface area (Å²) in [4.78, 5) is 27.4. The number of rotatable bonds is 5. The van der Waals surface area contributed by atoms with Crippen molar-refractivity contribution in [1.29, 1.82) is 0 Å². The number of likely N-dealkylation sites (N-methyl/N-ethyl adjacent to an activating group) is 1. The van der Waals surface area contributed by atoms with Crippen molar-refractivity contribution in [2.45, 2.75) is 13.0 Å². The minimum absolute atomic E-state index is 0.0329. The van der Waals surface area contributed by atoms with Crippen LogP contribution in [-0.4, -0.2) is 65.6 Å². The number of thioether (sulfide) groups is 1. The molecule has 2 aliphatic rings. The normalized spacial score (nSPS) is 19.8. The summed E-state index contributed by atoms with van der Waals surface area (Å²) in [5.41, 5.74) is 0. The maximum Gasteiger partial charge on any atom is 0.242 e. The molecule has 1 aromatic rings. The van der Waals surface area contributed by atoms with Crippen molar-refractivity contribution < 1.29 is 19.1 Å². The molecule has 23 heavy (non-hydrogen) atoms. The van der Waals surface area contributed by atoms with Gasteiger partial charge in [-0.3, -0.25) is 9.59 Å². The fourth-order valence-corrected chi connectivity index (χ4v) is 3.51. The van der Waals surface area contributed by atoms with Gasteiger partial charge in [0.15, 0.2) is 17.6 Å². The van der Waals surface area contributed by atoms with Crippen LogP contribution in [0.25, 0.3) is 0 Å². The van der Waals surface area contributed by atoms with Gasteiger partial charge >= 0.3 is 0 Å². The molecule has 2 aliphatic heterocycles. The Morgan fingerprint density at radius 3 is 2.87 bits per heavy atom. The number of carbonyl (C=O) groups is 2. The summed E-state index contributed by atoms with van der Waals surface area (Å²) >= 11 is 1.54. The quantitative estimate of drug-likeness (QED) is 0.809. The van der Waals surface area contributed by atoms with E-state index in [4.69, 9.17) is 9.47 Å². The molecule has 0 N–H and O–H groups in total. The second-order valence-electron chi connectivity index (χ2n) is 5.50. The van der Waals surface area contributed by atoms with Crippen molar-refractivity contribution in [3.63, 3.8) is 0 Å². The molecule has 1 saturated heterocycles. The zero-order valence-corrected chi connectivity index (χ0v) is 13.9. The van der Waals surface area contributed by atoms with Crippen LogP contribution in [0.5, 0.6) is 11.5 Å². The number of ether oxygens (including phenoxy) is 2. The van der Waals surface area contributed by atoms with Gasteiger partial charge in [-0.15, -0.1) is 11.8 Å². The highest BCUT2D eigenvalue weighted by atomic mass is 32.2. The highest BCUT2D eigenvalue weighted by Gasteiger charge is 2.28. The molecular formula is C16H20N2O4S. The van der Waals surface area contributed by atoms with Crippen LogP contribution in [0.2, 0.25) is 0 Å². The number of hydrogen-bond donors (Lipinski definition) is 0. The maximum absolute atomic E-state index is 12.4. The average molecular weight is 336 g/mol. The minimum atomic E-state index is -0.197. The number of amides is 2. The van der Waals surface area contributed by atoms with Crippen LogP contribution >= 0.6 is 11.8 Å². The zero-order chi connectivity index (χ0) is 16.2. The molecular weight excluding hydrogens is 316 g/mol. The number of fused-ring (bicyclic) bond motifs is 1. The molecule has 0 saturated carbocycles. The van der Waals surface area contributed by atoms with E-state index in [1.165, 1.54) is 0 Å². The van der Waals surface area contributed by atoms with Gasteiger partial charge < -0.3 is 19.3 Å². The molecule has 1 unspecified atom stereocenters. The van der Waals surface area contributed by atoms with E-state index in [2.05, 4.69) is 0 Å². The van der Waals surface area contributed by atoms with E-state index in [1.54, 1.807) is 21.6 Å². The Hall–Kier alpha value is -1.89. The molecule has 1 fully saturated rings. The van der Waals surface area contributed by atoms with Crippen LogP contribution < -0.4 is 9.47 Å². The predicted octanol–water partition coefficient (Wildman–Crippen LogP) is 1.21. The van der Waals surface area contributed by atoms with Gasteiger partial charge in [0.05, 0.1) is 18.2 Å². The maximum atomic E-state index is 12.4. The lowest BCUT2D eigenvalue weighted by molar-refractivity contribution is -0.138. The van der Waals surface area contributed by atoms with Gasteiger partial charge in [0.2, 0.25) is 11.8 Å². The standard InChI is InChI=1S/C16H20N2O4S/c1-2-17(15(19)8-18-11-23-10-16(18)20)7-12-9-21-13-5-3-4-6-14(13)22-12/h3-6,12H,2,7-11H2,1H3. The molecule has 3 rings (SSSR count). The second-order valence-corrected chi connectivity index (χ2v) is 6.45. The Bertz CT molecular complexity index is 595. The van der Waals surface area contributed by atoms with Gasteiger partial charge in [-0.2, -0.15) is 0 Å². The zero-order valence-electron chi connectivity index (χ0n) is 13.1. The van der Waals surface area contributed by atoms with Gasteiger partial charge in [0.1, 0.15) is 13.2 Å². The third-order valence-corrected chi connectivity index (χ3v) is 4.82. The molecule has 2 heterocycles. The fourth-order valence-electron chi connectivity index (χ4n) is 2.61. The largest absolute Gasteiger partial charge is 0.486 e. The number of nitrogens with zero attached hydrogens (tertiary/aromatic N) is 2. The van der Waals surface area contributed by atoms with E-state index in [0.717, 1.165) is 5.75 Å². The summed E-state index contributed by atoms with van der Waals surface area (Å²) in [7, 11) is 0. The highest BCUT2D eigenvalue weighted by Crippen LogP contribution is 2.31. The summed E-state index contributed by atoms with van der Waals surface area (Å²) in [5, 5.41) is 0. The first-order chi connectivity index (χ1) is 11.2. The minimum Gasteiger partial charge on any atom is -0.486 e. The highest BCUT2D eigenvalue weighted by molar-refractivity contribution is 8.00. The first kappa shape index (κ1) is 16.0. The molecule has 0 radical (unpaired) electrons. The van der Waals surface area contributed by atoms with Crippen LogP contribution in [0.1, 0.15) is 6.92 Å². The van der Waals surface area contributed by atoms with Crippen molar-refractivity contribution in [2.75, 3.05) is 37.9 Å². The number of para-hydroxylation sites is 2. The third-order valence-electron chi connectivity index (χ3n) is 3.88. The first-order valence-corrected chi connectivity index (χ1v) is 8.84. The Balaban J connectivity index is 1.57. The molecule has 2 amide bonds. The summed E-state index contributed by atoms with van der Waals surface area (Å²) in [5.74, 6) is 2.49. The molecule has 0 aliphatic carbocycles. The summed E-state index contributed by atoms with van der Waals surface area (Å²) in [6.07, 6.45) is -0.197. The fraction of sp³-hybridized carbons (Fsp3) is 0.500. The Morgan fingerprint density at radius 1 is 1.39 bits per heavy atom. The molecule has 1 aromatic carbocycles. The van der Waals surface area contributed by atoms with Gasteiger partial charge in [-0.1, -0.05) is 12.1 Å². The van der Waals surface area contributed by atoms with E-state index in [-0.39, 0.29) is 24.5 Å². The van der Waals surface area contributed by atoms with Crippen LogP contribution in [0, 0.1) is 0 Å². The molecule has 6 nitrogen and oxygen atoms in total. The predicted molar refractivity (Wildman–Crippen MR) is 87.6 cm³/mol. The van der Waals surface area contributed by atoms with Crippen LogP contribution in [0.4, 0.5) is 0 Å². The van der Waals surface area contributed by atoms with Crippen molar-refractivity contribution in [3.05, 3.63) is 24.3 Å². The lowest BCUT2D eigenvalue weighted by Gasteiger charge is -2.31. The first-order valence-electron chi connectivity index (χ1n) is 7.69. The molecule has 1 atom stereocenters. The lowest BCUT2D eigenvalue weighted by atomic mass is 10.2. The summed E-state index contributed by atoms with van der Waals surface area (Å²) in [6, 6.07) is 7.52. The van der Waals surface area contributed by atoms with E-state index >= 15 is 0 Å². The number of carbonyl (C=O) groups excluding carboxylic acids is 2. The molecule has 0 spiro atoms. The van der Waals surface area contributed by atoms with Crippen molar-refractivity contribution >= 4 is 23.6 Å². The van der Waals surface area contributed by atoms with Gasteiger partial charge in [-0.25, -0.2) is 0 Å².